The number of aliphatic hydroxyl groups excluding tert-OH is 1. The van der Waals surface area contributed by atoms with E-state index in [9.17, 15) is 14.3 Å². The largest absolute Gasteiger partial charge is 0.480 e. The Morgan fingerprint density at radius 3 is 2.43 bits per heavy atom. The van der Waals surface area contributed by atoms with E-state index in [1.54, 1.807) is 13.8 Å². The average Bonchev–Trinajstić information content (AvgIpc) is 2.50. The molecule has 23 heavy (non-hydrogen) atoms. The minimum Gasteiger partial charge on any atom is -0.480 e. The number of nitrogens with zero attached hydrogens (tertiary/aromatic N) is 2. The number of halogens is 1. The monoisotopic (exact) mass is 323 g/mol. The third-order valence-electron chi connectivity index (χ3n) is 2.47. The minimum atomic E-state index is -0.878. The molecule has 7 nitrogen and oxygen atoms in total. The standard InChI is InChI=1S/C15H18FN3O4/c1-3-22-14(20)12(15(21)23-4-2)13(17)19-18-9-10-5-7-11(16)8-6-10/h5-9,20H,3-4H2,1-2H3,(H2,17,19)/b14-12?,18-9+. The van der Waals surface area contributed by atoms with Gasteiger partial charge in [0.1, 0.15) is 5.82 Å². The van der Waals surface area contributed by atoms with Gasteiger partial charge in [0, 0.05) is 0 Å². The number of aliphatic hydroxyl groups is 1. The van der Waals surface area contributed by atoms with Crippen molar-refractivity contribution in [3.63, 3.8) is 0 Å². The van der Waals surface area contributed by atoms with Crippen LogP contribution in [0.5, 0.6) is 0 Å². The second-order valence-corrected chi connectivity index (χ2v) is 4.11. The summed E-state index contributed by atoms with van der Waals surface area (Å²) in [5, 5.41) is 17.0. The predicted molar refractivity (Wildman–Crippen MR) is 83.5 cm³/mol. The van der Waals surface area contributed by atoms with E-state index in [2.05, 4.69) is 10.2 Å². The van der Waals surface area contributed by atoms with Crippen molar-refractivity contribution in [2.24, 2.45) is 15.9 Å². The van der Waals surface area contributed by atoms with E-state index >= 15 is 0 Å². The van der Waals surface area contributed by atoms with Crippen LogP contribution in [-0.4, -0.2) is 36.3 Å². The maximum Gasteiger partial charge on any atom is 0.349 e. The van der Waals surface area contributed by atoms with Crippen LogP contribution in [0.25, 0.3) is 0 Å². The number of carbonyl (C=O) groups is 1. The Labute approximate surface area is 132 Å². The zero-order valence-electron chi connectivity index (χ0n) is 12.8. The molecule has 0 aliphatic carbocycles. The highest BCUT2D eigenvalue weighted by Gasteiger charge is 2.22. The Morgan fingerprint density at radius 1 is 1.26 bits per heavy atom. The molecule has 0 aliphatic heterocycles. The molecule has 0 bridgehead atoms. The lowest BCUT2D eigenvalue weighted by Gasteiger charge is -2.08. The Bertz CT molecular complexity index is 624. The van der Waals surface area contributed by atoms with Crippen LogP contribution >= 0.6 is 0 Å². The van der Waals surface area contributed by atoms with Gasteiger partial charge in [-0.3, -0.25) is 0 Å². The molecule has 0 aromatic heterocycles. The first-order valence-electron chi connectivity index (χ1n) is 6.85. The van der Waals surface area contributed by atoms with Gasteiger partial charge in [-0.15, -0.1) is 5.10 Å². The van der Waals surface area contributed by atoms with Gasteiger partial charge < -0.3 is 20.3 Å². The molecule has 0 spiro atoms. The molecule has 1 aromatic rings. The molecule has 0 saturated carbocycles. The van der Waals surface area contributed by atoms with Gasteiger partial charge in [0.25, 0.3) is 5.95 Å². The van der Waals surface area contributed by atoms with Crippen LogP contribution < -0.4 is 5.73 Å². The SMILES string of the molecule is CCOC(=O)C(C(N)=N/N=C/c1ccc(F)cc1)=C(O)OCC. The number of benzene rings is 1. The summed E-state index contributed by atoms with van der Waals surface area (Å²) in [6.07, 6.45) is 1.31. The molecule has 0 unspecified atom stereocenters. The molecule has 1 aromatic carbocycles. The van der Waals surface area contributed by atoms with Crippen LogP contribution in [-0.2, 0) is 14.3 Å². The highest BCUT2D eigenvalue weighted by Crippen LogP contribution is 2.07. The van der Waals surface area contributed by atoms with Crippen molar-refractivity contribution >= 4 is 18.0 Å². The van der Waals surface area contributed by atoms with Crippen molar-refractivity contribution in [3.8, 4) is 0 Å². The number of esters is 1. The zero-order valence-corrected chi connectivity index (χ0v) is 12.8. The Hall–Kier alpha value is -2.90. The van der Waals surface area contributed by atoms with Gasteiger partial charge in [0.15, 0.2) is 11.4 Å². The summed E-state index contributed by atoms with van der Waals surface area (Å²) in [5.74, 6) is -2.31. The van der Waals surface area contributed by atoms with Gasteiger partial charge in [-0.25, -0.2) is 9.18 Å². The molecule has 0 fully saturated rings. The molecule has 3 N–H and O–H groups in total. The van der Waals surface area contributed by atoms with E-state index in [-0.39, 0.29) is 24.9 Å². The van der Waals surface area contributed by atoms with Gasteiger partial charge in [-0.2, -0.15) is 5.10 Å². The molecule has 0 saturated heterocycles. The first kappa shape index (κ1) is 18.1. The minimum absolute atomic E-state index is 0.0911. The predicted octanol–water partition coefficient (Wildman–Crippen LogP) is 1.89. The van der Waals surface area contributed by atoms with Gasteiger partial charge >= 0.3 is 5.97 Å². The second-order valence-electron chi connectivity index (χ2n) is 4.11. The zero-order chi connectivity index (χ0) is 17.2. The molecular formula is C15H18FN3O4. The van der Waals surface area contributed by atoms with Crippen LogP contribution in [0.1, 0.15) is 19.4 Å². The van der Waals surface area contributed by atoms with E-state index in [0.29, 0.717) is 5.56 Å². The van der Waals surface area contributed by atoms with Crippen molar-refractivity contribution in [2.45, 2.75) is 13.8 Å². The van der Waals surface area contributed by atoms with Gasteiger partial charge in [0.2, 0.25) is 0 Å². The summed E-state index contributed by atoms with van der Waals surface area (Å²) in [6.45, 7) is 3.45. The fourth-order valence-electron chi connectivity index (χ4n) is 1.47. The van der Waals surface area contributed by atoms with E-state index in [0.717, 1.165) is 0 Å². The Kier molecular flexibility index (Phi) is 7.25. The average molecular weight is 323 g/mol. The Balaban J connectivity index is 2.99. The molecule has 1 rings (SSSR count). The topological polar surface area (TPSA) is 107 Å². The first-order valence-corrected chi connectivity index (χ1v) is 6.85. The van der Waals surface area contributed by atoms with Gasteiger partial charge in [-0.05, 0) is 31.5 Å². The summed E-state index contributed by atoms with van der Waals surface area (Å²) in [4.78, 5) is 11.8. The smallest absolute Gasteiger partial charge is 0.349 e. The van der Waals surface area contributed by atoms with E-state index in [1.807, 2.05) is 0 Å². The summed E-state index contributed by atoms with van der Waals surface area (Å²) >= 11 is 0. The molecule has 0 atom stereocenters. The number of carbonyl (C=O) groups excluding carboxylic acids is 1. The fourth-order valence-corrected chi connectivity index (χ4v) is 1.47. The Morgan fingerprint density at radius 2 is 1.87 bits per heavy atom. The number of amidine groups is 1. The summed E-state index contributed by atoms with van der Waals surface area (Å²) in [6, 6.07) is 5.51. The van der Waals surface area contributed by atoms with Crippen molar-refractivity contribution in [1.82, 2.24) is 0 Å². The van der Waals surface area contributed by atoms with Crippen LogP contribution in [0.3, 0.4) is 0 Å². The highest BCUT2D eigenvalue weighted by molar-refractivity contribution is 6.18. The number of hydrogen-bond acceptors (Lipinski definition) is 6. The number of hydrogen-bond donors (Lipinski definition) is 2. The quantitative estimate of drug-likeness (QED) is 0.199. The van der Waals surface area contributed by atoms with Crippen molar-refractivity contribution in [3.05, 3.63) is 47.2 Å². The lowest BCUT2D eigenvalue weighted by molar-refractivity contribution is -0.138. The van der Waals surface area contributed by atoms with E-state index < -0.39 is 17.5 Å². The molecule has 0 heterocycles. The third kappa shape index (κ3) is 5.77. The molecule has 8 heteroatoms. The highest BCUT2D eigenvalue weighted by atomic mass is 19.1. The molecule has 0 aliphatic rings. The van der Waals surface area contributed by atoms with Crippen LogP contribution in [0.2, 0.25) is 0 Å². The van der Waals surface area contributed by atoms with E-state index in [1.165, 1.54) is 30.5 Å². The van der Waals surface area contributed by atoms with Crippen molar-refractivity contribution < 1.29 is 23.8 Å². The summed E-state index contributed by atoms with van der Waals surface area (Å²) < 4.78 is 22.4. The summed E-state index contributed by atoms with van der Waals surface area (Å²) in [5.41, 5.74) is 5.82. The number of ether oxygens (including phenoxy) is 2. The molecule has 124 valence electrons. The van der Waals surface area contributed by atoms with E-state index in [4.69, 9.17) is 15.2 Å². The van der Waals surface area contributed by atoms with Crippen molar-refractivity contribution in [1.29, 1.82) is 0 Å². The first-order chi connectivity index (χ1) is 11.0. The van der Waals surface area contributed by atoms with Gasteiger partial charge in [0.05, 0.1) is 19.4 Å². The fraction of sp³-hybridized carbons (Fsp3) is 0.267. The number of rotatable bonds is 7. The maximum absolute atomic E-state index is 12.8. The normalized spacial score (nSPS) is 12.9. The van der Waals surface area contributed by atoms with Crippen LogP contribution in [0.4, 0.5) is 4.39 Å². The molecular weight excluding hydrogens is 305 g/mol. The maximum atomic E-state index is 12.8. The second kappa shape index (κ2) is 9.19. The summed E-state index contributed by atoms with van der Waals surface area (Å²) in [7, 11) is 0. The molecule has 0 radical (unpaired) electrons. The lowest BCUT2D eigenvalue weighted by Crippen LogP contribution is -2.25. The van der Waals surface area contributed by atoms with Crippen LogP contribution in [0.15, 0.2) is 46.0 Å². The van der Waals surface area contributed by atoms with Crippen LogP contribution in [0, 0.1) is 5.82 Å². The lowest BCUT2D eigenvalue weighted by atomic mass is 10.2. The van der Waals surface area contributed by atoms with Crippen molar-refractivity contribution in [2.75, 3.05) is 13.2 Å². The molecule has 0 amide bonds. The third-order valence-corrected chi connectivity index (χ3v) is 2.47. The number of nitrogens with two attached hydrogens (primary N) is 1. The van der Waals surface area contributed by atoms with Gasteiger partial charge in [-0.1, -0.05) is 12.1 Å².